The first-order valence-electron chi connectivity index (χ1n) is 11.8. The zero-order chi connectivity index (χ0) is 26.5. The highest BCUT2D eigenvalue weighted by atomic mass is 16.5. The lowest BCUT2D eigenvalue weighted by Gasteiger charge is -2.12. The number of nitrogens with zero attached hydrogens (tertiary/aromatic N) is 2. The fourth-order valence-electron chi connectivity index (χ4n) is 4.01. The summed E-state index contributed by atoms with van der Waals surface area (Å²) in [5.74, 6) is 0.704. The van der Waals surface area contributed by atoms with Gasteiger partial charge in [0.1, 0.15) is 11.4 Å². The Balaban J connectivity index is 1.35. The van der Waals surface area contributed by atoms with Crippen molar-refractivity contribution in [3.63, 3.8) is 0 Å². The topological polar surface area (TPSA) is 102 Å². The number of benzene rings is 4. The summed E-state index contributed by atoms with van der Waals surface area (Å²) in [6.07, 6.45) is 0. The molecule has 0 atom stereocenters. The first-order valence-corrected chi connectivity index (χ1v) is 11.8. The van der Waals surface area contributed by atoms with Gasteiger partial charge in [-0.3, -0.25) is 4.79 Å². The average molecular weight is 505 g/mol. The Kier molecular flexibility index (Phi) is 6.95. The molecule has 0 saturated heterocycles. The lowest BCUT2D eigenvalue weighted by Crippen LogP contribution is -2.11. The predicted molar refractivity (Wildman–Crippen MR) is 147 cm³/mol. The maximum Gasteiger partial charge on any atom is 0.337 e. The Bertz CT molecular complexity index is 1600. The number of aromatic nitrogens is 2. The van der Waals surface area contributed by atoms with Crippen molar-refractivity contribution in [2.75, 3.05) is 24.9 Å². The molecule has 0 unspecified atom stereocenters. The molecule has 1 aromatic heterocycles. The first kappa shape index (κ1) is 24.5. The van der Waals surface area contributed by atoms with Crippen molar-refractivity contribution in [3.8, 4) is 17.0 Å². The standard InChI is InChI=1S/C30H24N4O4/c1-37-24-17-15-23(16-18-24)32-29(35)20-11-13-22(14-12-20)31-28-26-6-4-3-5-25(26)27(33-34-28)19-7-9-21(10-8-19)30(36)38-2/h3-18H,1-2H3,(H,31,34)(H,32,35). The smallest absolute Gasteiger partial charge is 0.337 e. The Morgan fingerprint density at radius 2 is 1.32 bits per heavy atom. The number of nitrogens with one attached hydrogen (secondary N) is 2. The van der Waals surface area contributed by atoms with Crippen molar-refractivity contribution in [3.05, 3.63) is 108 Å². The van der Waals surface area contributed by atoms with E-state index in [0.29, 0.717) is 28.3 Å². The quantitative estimate of drug-likeness (QED) is 0.259. The van der Waals surface area contributed by atoms with E-state index in [1.165, 1.54) is 7.11 Å². The molecule has 1 heterocycles. The number of carbonyl (C=O) groups is 2. The Hall–Kier alpha value is -5.24. The fourth-order valence-corrected chi connectivity index (χ4v) is 4.01. The highest BCUT2D eigenvalue weighted by Crippen LogP contribution is 2.31. The summed E-state index contributed by atoms with van der Waals surface area (Å²) in [4.78, 5) is 24.4. The lowest BCUT2D eigenvalue weighted by molar-refractivity contribution is 0.0600. The minimum Gasteiger partial charge on any atom is -0.497 e. The van der Waals surface area contributed by atoms with E-state index in [4.69, 9.17) is 9.47 Å². The van der Waals surface area contributed by atoms with Crippen LogP contribution in [0.1, 0.15) is 20.7 Å². The van der Waals surface area contributed by atoms with Gasteiger partial charge < -0.3 is 20.1 Å². The first-order chi connectivity index (χ1) is 18.6. The summed E-state index contributed by atoms with van der Waals surface area (Å²) in [6.45, 7) is 0. The maximum absolute atomic E-state index is 12.6. The van der Waals surface area contributed by atoms with E-state index in [1.807, 2.05) is 48.5 Å². The van der Waals surface area contributed by atoms with E-state index in [2.05, 4.69) is 20.8 Å². The van der Waals surface area contributed by atoms with Crippen LogP contribution in [0.5, 0.6) is 5.75 Å². The summed E-state index contributed by atoms with van der Waals surface area (Å²) < 4.78 is 9.93. The number of fused-ring (bicyclic) bond motifs is 1. The third kappa shape index (κ3) is 5.15. The molecule has 0 aliphatic carbocycles. The van der Waals surface area contributed by atoms with Gasteiger partial charge in [-0.25, -0.2) is 4.79 Å². The van der Waals surface area contributed by atoms with Crippen molar-refractivity contribution in [1.82, 2.24) is 10.2 Å². The molecule has 38 heavy (non-hydrogen) atoms. The van der Waals surface area contributed by atoms with Gasteiger partial charge in [-0.1, -0.05) is 36.4 Å². The number of methoxy groups -OCH3 is 2. The number of esters is 1. The Morgan fingerprint density at radius 1 is 0.684 bits per heavy atom. The molecular weight excluding hydrogens is 480 g/mol. The van der Waals surface area contributed by atoms with Crippen molar-refractivity contribution < 1.29 is 19.1 Å². The van der Waals surface area contributed by atoms with Crippen LogP contribution in [0.25, 0.3) is 22.0 Å². The molecule has 0 aliphatic rings. The summed E-state index contributed by atoms with van der Waals surface area (Å²) >= 11 is 0. The lowest BCUT2D eigenvalue weighted by atomic mass is 10.0. The highest BCUT2D eigenvalue weighted by molar-refractivity contribution is 6.05. The summed E-state index contributed by atoms with van der Waals surface area (Å²) in [5.41, 5.74) is 3.97. The molecule has 0 bridgehead atoms. The molecule has 8 heteroatoms. The molecule has 0 radical (unpaired) electrons. The summed E-state index contributed by atoms with van der Waals surface area (Å²) in [6, 6.07) is 29.2. The van der Waals surface area contributed by atoms with Crippen LogP contribution >= 0.6 is 0 Å². The zero-order valence-electron chi connectivity index (χ0n) is 20.8. The molecule has 0 aliphatic heterocycles. The minimum absolute atomic E-state index is 0.213. The van der Waals surface area contributed by atoms with Gasteiger partial charge in [0.15, 0.2) is 5.82 Å². The molecule has 188 valence electrons. The number of rotatable bonds is 7. The number of anilines is 3. The van der Waals surface area contributed by atoms with Gasteiger partial charge >= 0.3 is 5.97 Å². The van der Waals surface area contributed by atoms with E-state index >= 15 is 0 Å². The van der Waals surface area contributed by atoms with E-state index in [9.17, 15) is 9.59 Å². The number of amides is 1. The monoisotopic (exact) mass is 504 g/mol. The number of ether oxygens (including phenoxy) is 2. The van der Waals surface area contributed by atoms with Gasteiger partial charge in [-0.15, -0.1) is 10.2 Å². The average Bonchev–Trinajstić information content (AvgIpc) is 2.98. The van der Waals surface area contributed by atoms with Crippen molar-refractivity contribution in [2.24, 2.45) is 0 Å². The predicted octanol–water partition coefficient (Wildman–Crippen LogP) is 6.09. The molecule has 8 nitrogen and oxygen atoms in total. The third-order valence-electron chi connectivity index (χ3n) is 6.02. The fraction of sp³-hybridized carbons (Fsp3) is 0.0667. The minimum atomic E-state index is -0.392. The SMILES string of the molecule is COC(=O)c1ccc(-c2nnc(Nc3ccc(C(=O)Nc4ccc(OC)cc4)cc3)c3ccccc23)cc1. The zero-order valence-corrected chi connectivity index (χ0v) is 20.8. The van der Waals surface area contributed by atoms with Crippen molar-refractivity contribution in [2.45, 2.75) is 0 Å². The molecule has 1 amide bonds. The van der Waals surface area contributed by atoms with Crippen LogP contribution in [-0.4, -0.2) is 36.3 Å². The molecule has 2 N–H and O–H groups in total. The van der Waals surface area contributed by atoms with Gasteiger partial charge in [0.25, 0.3) is 5.91 Å². The molecule has 0 saturated carbocycles. The van der Waals surface area contributed by atoms with Crippen LogP contribution in [0, 0.1) is 0 Å². The molecule has 5 aromatic rings. The van der Waals surface area contributed by atoms with E-state index in [1.54, 1.807) is 55.6 Å². The van der Waals surface area contributed by atoms with Crippen LogP contribution < -0.4 is 15.4 Å². The van der Waals surface area contributed by atoms with Gasteiger partial charge in [0.05, 0.1) is 19.8 Å². The largest absolute Gasteiger partial charge is 0.497 e. The normalized spacial score (nSPS) is 10.6. The van der Waals surface area contributed by atoms with Crippen LogP contribution in [0.3, 0.4) is 0 Å². The second-order valence-electron chi connectivity index (χ2n) is 8.40. The van der Waals surface area contributed by atoms with Gasteiger partial charge in [-0.05, 0) is 60.7 Å². The van der Waals surface area contributed by atoms with Crippen LogP contribution in [0.4, 0.5) is 17.2 Å². The van der Waals surface area contributed by atoms with Gasteiger partial charge in [0.2, 0.25) is 0 Å². The third-order valence-corrected chi connectivity index (χ3v) is 6.02. The van der Waals surface area contributed by atoms with Crippen LogP contribution in [0.15, 0.2) is 97.1 Å². The number of carbonyl (C=O) groups excluding carboxylic acids is 2. The highest BCUT2D eigenvalue weighted by Gasteiger charge is 2.13. The molecule has 0 spiro atoms. The summed E-state index contributed by atoms with van der Waals surface area (Å²) in [7, 11) is 2.95. The van der Waals surface area contributed by atoms with E-state index in [-0.39, 0.29) is 5.91 Å². The van der Waals surface area contributed by atoms with E-state index in [0.717, 1.165) is 27.8 Å². The second-order valence-corrected chi connectivity index (χ2v) is 8.40. The van der Waals surface area contributed by atoms with Crippen LogP contribution in [0.2, 0.25) is 0 Å². The molecular formula is C30H24N4O4. The van der Waals surface area contributed by atoms with E-state index < -0.39 is 5.97 Å². The maximum atomic E-state index is 12.6. The van der Waals surface area contributed by atoms with Crippen LogP contribution in [-0.2, 0) is 4.74 Å². The Morgan fingerprint density at radius 3 is 1.97 bits per heavy atom. The number of hydrogen-bond donors (Lipinski definition) is 2. The van der Waals surface area contributed by atoms with Crippen molar-refractivity contribution >= 4 is 39.8 Å². The second kappa shape index (κ2) is 10.8. The summed E-state index contributed by atoms with van der Waals surface area (Å²) in [5, 5.41) is 16.9. The van der Waals surface area contributed by atoms with Gasteiger partial charge in [0, 0.05) is 33.3 Å². The molecule has 0 fully saturated rings. The Labute approximate surface area is 219 Å². The number of hydrogen-bond acceptors (Lipinski definition) is 7. The van der Waals surface area contributed by atoms with Gasteiger partial charge in [-0.2, -0.15) is 0 Å². The van der Waals surface area contributed by atoms with Crippen molar-refractivity contribution in [1.29, 1.82) is 0 Å². The molecule has 5 rings (SSSR count). The molecule has 4 aromatic carbocycles.